The van der Waals surface area contributed by atoms with Gasteiger partial charge in [0.25, 0.3) is 0 Å². The fraction of sp³-hybridized carbons (Fsp3) is 0.600. The monoisotopic (exact) mass is 313 g/mol. The van der Waals surface area contributed by atoms with Gasteiger partial charge in [-0.2, -0.15) is 0 Å². The molecule has 0 atom stereocenters. The van der Waals surface area contributed by atoms with Gasteiger partial charge in [0, 0.05) is 13.1 Å². The van der Waals surface area contributed by atoms with Gasteiger partial charge in [-0.3, -0.25) is 0 Å². The van der Waals surface area contributed by atoms with Crippen molar-refractivity contribution in [2.75, 3.05) is 37.6 Å². The predicted molar refractivity (Wildman–Crippen MR) is 86.5 cm³/mol. The average Bonchev–Trinajstić information content (AvgIpc) is 2.48. The zero-order chi connectivity index (χ0) is 15.8. The zero-order valence-corrected chi connectivity index (χ0v) is 13.7. The van der Waals surface area contributed by atoms with E-state index in [2.05, 4.69) is 28.6 Å². The first-order valence-corrected chi connectivity index (χ1v) is 7.78. The highest BCUT2D eigenvalue weighted by molar-refractivity contribution is 6.33. The number of nitrogens with zero attached hydrogens (tertiary/aromatic N) is 3. The normalized spacial score (nSPS) is 10.9. The van der Waals surface area contributed by atoms with Gasteiger partial charge in [0.1, 0.15) is 5.82 Å². The Bertz CT molecular complexity index is 464. The number of carboxylic acid groups (broad SMARTS) is 1. The molecule has 0 unspecified atom stereocenters. The summed E-state index contributed by atoms with van der Waals surface area (Å²) in [5.41, 5.74) is -0.0867. The van der Waals surface area contributed by atoms with E-state index in [4.69, 9.17) is 16.7 Å². The van der Waals surface area contributed by atoms with Gasteiger partial charge in [-0.25, -0.2) is 9.78 Å². The Morgan fingerprint density at radius 3 is 2.38 bits per heavy atom. The summed E-state index contributed by atoms with van der Waals surface area (Å²) in [6, 6.07) is 3.37. The molecule has 0 bridgehead atoms. The molecule has 0 saturated heterocycles. The van der Waals surface area contributed by atoms with Crippen molar-refractivity contribution in [2.24, 2.45) is 0 Å². The Morgan fingerprint density at radius 1 is 1.19 bits per heavy atom. The first-order chi connectivity index (χ1) is 10.0. The molecule has 6 heteroatoms. The Balaban J connectivity index is 2.72. The maximum Gasteiger partial charge on any atom is 0.356 e. The second-order valence-electron chi connectivity index (χ2n) is 4.77. The van der Waals surface area contributed by atoms with Gasteiger partial charge in [-0.05, 0) is 45.1 Å². The lowest BCUT2D eigenvalue weighted by molar-refractivity contribution is 0.0691. The van der Waals surface area contributed by atoms with E-state index in [1.165, 1.54) is 0 Å². The summed E-state index contributed by atoms with van der Waals surface area (Å²) < 4.78 is 0. The number of aromatic carboxylic acids is 1. The molecule has 0 spiro atoms. The van der Waals surface area contributed by atoms with E-state index in [1.54, 1.807) is 12.1 Å². The summed E-state index contributed by atoms with van der Waals surface area (Å²) >= 11 is 5.85. The Kier molecular flexibility index (Phi) is 7.47. The second-order valence-corrected chi connectivity index (χ2v) is 5.17. The maximum absolute atomic E-state index is 11.1. The van der Waals surface area contributed by atoms with Crippen LogP contribution in [0.15, 0.2) is 12.1 Å². The molecule has 1 N–H and O–H groups in total. The number of hydrogen-bond donors (Lipinski definition) is 1. The fourth-order valence-electron chi connectivity index (χ4n) is 2.22. The Labute approximate surface area is 131 Å². The van der Waals surface area contributed by atoms with Crippen LogP contribution in [0.4, 0.5) is 5.82 Å². The van der Waals surface area contributed by atoms with Crippen LogP contribution in [0.2, 0.25) is 5.02 Å². The summed E-state index contributed by atoms with van der Waals surface area (Å²) in [5.74, 6) is -0.431. The lowest BCUT2D eigenvalue weighted by Gasteiger charge is -2.24. The van der Waals surface area contributed by atoms with Gasteiger partial charge in [0.05, 0.1) is 5.02 Å². The number of carboxylic acids is 1. The molecular formula is C15H24ClN3O2. The number of pyridine rings is 1. The standard InChI is InChI=1S/C15H24ClN3O2/c1-4-18(5-2)10-7-11-19(6-3)13-9-8-12(16)14(17-13)15(20)21/h8-9H,4-7,10-11H2,1-3H3,(H,20,21). The number of aromatic nitrogens is 1. The number of carbonyl (C=O) groups is 1. The number of rotatable bonds is 9. The van der Waals surface area contributed by atoms with Gasteiger partial charge >= 0.3 is 5.97 Å². The van der Waals surface area contributed by atoms with E-state index in [0.717, 1.165) is 39.1 Å². The minimum atomic E-state index is -1.10. The van der Waals surface area contributed by atoms with Crippen LogP contribution in [0.3, 0.4) is 0 Å². The molecule has 1 rings (SSSR count). The average molecular weight is 314 g/mol. The minimum absolute atomic E-state index is 0.0867. The third-order valence-corrected chi connectivity index (χ3v) is 3.84. The predicted octanol–water partition coefficient (Wildman–Crippen LogP) is 2.99. The van der Waals surface area contributed by atoms with Crippen LogP contribution in [0.1, 0.15) is 37.7 Å². The molecule has 1 aromatic rings. The molecular weight excluding hydrogens is 290 g/mol. The van der Waals surface area contributed by atoms with Crippen LogP contribution in [0, 0.1) is 0 Å². The van der Waals surface area contributed by atoms with Crippen LogP contribution >= 0.6 is 11.6 Å². The molecule has 0 radical (unpaired) electrons. The van der Waals surface area contributed by atoms with Crippen LogP contribution in [-0.2, 0) is 0 Å². The molecule has 5 nitrogen and oxygen atoms in total. The van der Waals surface area contributed by atoms with Crippen molar-refractivity contribution in [1.29, 1.82) is 0 Å². The van der Waals surface area contributed by atoms with Gasteiger partial charge < -0.3 is 14.9 Å². The molecule has 0 aliphatic heterocycles. The third kappa shape index (κ3) is 5.17. The highest BCUT2D eigenvalue weighted by atomic mass is 35.5. The molecule has 0 amide bonds. The molecule has 0 aromatic carbocycles. The maximum atomic E-state index is 11.1. The van der Waals surface area contributed by atoms with Crippen LogP contribution in [0.5, 0.6) is 0 Å². The van der Waals surface area contributed by atoms with E-state index in [0.29, 0.717) is 5.82 Å². The molecule has 1 aromatic heterocycles. The Hall–Kier alpha value is -1.33. The number of halogens is 1. The van der Waals surface area contributed by atoms with Gasteiger partial charge in [-0.15, -0.1) is 0 Å². The van der Waals surface area contributed by atoms with Gasteiger partial charge in [0.15, 0.2) is 5.69 Å². The quantitative estimate of drug-likeness (QED) is 0.759. The van der Waals surface area contributed by atoms with Gasteiger partial charge in [0.2, 0.25) is 0 Å². The summed E-state index contributed by atoms with van der Waals surface area (Å²) in [7, 11) is 0. The minimum Gasteiger partial charge on any atom is -0.476 e. The molecule has 0 saturated carbocycles. The van der Waals surface area contributed by atoms with Crippen molar-refractivity contribution < 1.29 is 9.90 Å². The second kappa shape index (κ2) is 8.85. The summed E-state index contributed by atoms with van der Waals surface area (Å²) in [5, 5.41) is 9.26. The van der Waals surface area contributed by atoms with E-state index < -0.39 is 5.97 Å². The van der Waals surface area contributed by atoms with Crippen molar-refractivity contribution in [3.63, 3.8) is 0 Å². The first-order valence-electron chi connectivity index (χ1n) is 7.40. The van der Waals surface area contributed by atoms with Crippen molar-refractivity contribution in [3.05, 3.63) is 22.8 Å². The van der Waals surface area contributed by atoms with E-state index >= 15 is 0 Å². The summed E-state index contributed by atoms with van der Waals surface area (Å²) in [4.78, 5) is 19.7. The van der Waals surface area contributed by atoms with Crippen LogP contribution in [0.25, 0.3) is 0 Å². The topological polar surface area (TPSA) is 56.7 Å². The molecule has 0 aliphatic rings. The Morgan fingerprint density at radius 2 is 1.86 bits per heavy atom. The van der Waals surface area contributed by atoms with Crippen LogP contribution in [-0.4, -0.2) is 53.7 Å². The molecule has 0 aliphatic carbocycles. The number of anilines is 1. The smallest absolute Gasteiger partial charge is 0.356 e. The largest absolute Gasteiger partial charge is 0.476 e. The van der Waals surface area contributed by atoms with Crippen molar-refractivity contribution in [1.82, 2.24) is 9.88 Å². The molecule has 0 fully saturated rings. The summed E-state index contributed by atoms with van der Waals surface area (Å²) in [6.07, 6.45) is 1.02. The van der Waals surface area contributed by atoms with Gasteiger partial charge in [-0.1, -0.05) is 25.4 Å². The highest BCUT2D eigenvalue weighted by Gasteiger charge is 2.14. The zero-order valence-electron chi connectivity index (χ0n) is 13.0. The number of hydrogen-bond acceptors (Lipinski definition) is 4. The first kappa shape index (κ1) is 17.7. The lowest BCUT2D eigenvalue weighted by atomic mass is 10.3. The van der Waals surface area contributed by atoms with Crippen LogP contribution < -0.4 is 4.90 Å². The molecule has 21 heavy (non-hydrogen) atoms. The molecule has 118 valence electrons. The van der Waals surface area contributed by atoms with Crippen molar-refractivity contribution in [2.45, 2.75) is 27.2 Å². The highest BCUT2D eigenvalue weighted by Crippen LogP contribution is 2.19. The SMILES string of the molecule is CCN(CC)CCCN(CC)c1ccc(Cl)c(C(=O)O)n1. The fourth-order valence-corrected chi connectivity index (χ4v) is 2.40. The van der Waals surface area contributed by atoms with E-state index in [9.17, 15) is 4.79 Å². The van der Waals surface area contributed by atoms with Crippen molar-refractivity contribution in [3.8, 4) is 0 Å². The third-order valence-electron chi connectivity index (χ3n) is 3.54. The van der Waals surface area contributed by atoms with Crippen molar-refractivity contribution >= 4 is 23.4 Å². The van der Waals surface area contributed by atoms with E-state index in [-0.39, 0.29) is 10.7 Å². The summed E-state index contributed by atoms with van der Waals surface area (Å²) in [6.45, 7) is 11.1. The molecule has 1 heterocycles. The lowest BCUT2D eigenvalue weighted by Crippen LogP contribution is -2.30. The van der Waals surface area contributed by atoms with E-state index in [1.807, 2.05) is 6.92 Å².